The molecular weight excluding hydrogens is 182 g/mol. The molecule has 1 heteroatoms. The summed E-state index contributed by atoms with van der Waals surface area (Å²) < 4.78 is 0. The summed E-state index contributed by atoms with van der Waals surface area (Å²) in [5.41, 5.74) is 9.31. The van der Waals surface area contributed by atoms with Gasteiger partial charge in [0.1, 0.15) is 0 Å². The molecule has 2 atom stereocenters. The van der Waals surface area contributed by atoms with Gasteiger partial charge in [-0.25, -0.2) is 0 Å². The Kier molecular flexibility index (Phi) is 2.83. The Hall–Kier alpha value is -0.820. The van der Waals surface area contributed by atoms with Gasteiger partial charge in [0.15, 0.2) is 0 Å². The normalized spacial score (nSPS) is 30.7. The first-order valence-corrected chi connectivity index (χ1v) is 5.92. The van der Waals surface area contributed by atoms with Gasteiger partial charge in [-0.2, -0.15) is 0 Å². The second-order valence-electron chi connectivity index (χ2n) is 5.31. The zero-order valence-corrected chi connectivity index (χ0v) is 9.79. The molecule has 0 aliphatic heterocycles. The molecule has 0 aromatic heterocycles. The molecule has 2 unspecified atom stereocenters. The average Bonchev–Trinajstić information content (AvgIpc) is 2.51. The van der Waals surface area contributed by atoms with Crippen molar-refractivity contribution < 1.29 is 0 Å². The summed E-state index contributed by atoms with van der Waals surface area (Å²) in [6.07, 6.45) is 4.70. The van der Waals surface area contributed by atoms with E-state index in [1.54, 1.807) is 0 Å². The van der Waals surface area contributed by atoms with Crippen molar-refractivity contribution in [2.75, 3.05) is 0 Å². The highest BCUT2D eigenvalue weighted by Gasteiger charge is 2.33. The highest BCUT2D eigenvalue weighted by Crippen LogP contribution is 2.35. The molecule has 0 amide bonds. The van der Waals surface area contributed by atoms with Crippen LogP contribution >= 0.6 is 0 Å². The van der Waals surface area contributed by atoms with Gasteiger partial charge in [-0.1, -0.05) is 31.2 Å². The van der Waals surface area contributed by atoms with Crippen molar-refractivity contribution in [3.63, 3.8) is 0 Å². The highest BCUT2D eigenvalue weighted by atomic mass is 14.8. The molecule has 1 aromatic rings. The Morgan fingerprint density at radius 2 is 2.13 bits per heavy atom. The SMILES string of the molecule is Cc1ccccc1CC1(N)CCC(C)C1. The van der Waals surface area contributed by atoms with Gasteiger partial charge in [0.25, 0.3) is 0 Å². The fourth-order valence-electron chi connectivity index (χ4n) is 2.78. The Labute approximate surface area is 92.7 Å². The molecule has 0 radical (unpaired) electrons. The third kappa shape index (κ3) is 2.40. The second kappa shape index (κ2) is 3.97. The average molecular weight is 203 g/mol. The monoisotopic (exact) mass is 203 g/mol. The lowest BCUT2D eigenvalue weighted by Gasteiger charge is -2.25. The molecular formula is C14H21N. The van der Waals surface area contributed by atoms with Crippen LogP contribution in [0.25, 0.3) is 0 Å². The van der Waals surface area contributed by atoms with E-state index in [0.717, 1.165) is 12.3 Å². The summed E-state index contributed by atoms with van der Waals surface area (Å²) in [4.78, 5) is 0. The van der Waals surface area contributed by atoms with E-state index in [1.165, 1.54) is 30.4 Å². The van der Waals surface area contributed by atoms with Gasteiger partial charge in [0.05, 0.1) is 0 Å². The number of hydrogen-bond donors (Lipinski definition) is 1. The first kappa shape index (κ1) is 10.7. The third-order valence-corrected chi connectivity index (χ3v) is 3.69. The summed E-state index contributed by atoms with van der Waals surface area (Å²) >= 11 is 0. The Morgan fingerprint density at radius 1 is 1.40 bits per heavy atom. The van der Waals surface area contributed by atoms with Crippen LogP contribution in [0.1, 0.15) is 37.3 Å². The van der Waals surface area contributed by atoms with E-state index in [9.17, 15) is 0 Å². The molecule has 0 spiro atoms. The van der Waals surface area contributed by atoms with Gasteiger partial charge in [-0.15, -0.1) is 0 Å². The van der Waals surface area contributed by atoms with Crippen molar-refractivity contribution in [1.82, 2.24) is 0 Å². The van der Waals surface area contributed by atoms with E-state index in [4.69, 9.17) is 5.73 Å². The first-order chi connectivity index (χ1) is 7.09. The molecule has 0 saturated heterocycles. The van der Waals surface area contributed by atoms with E-state index in [2.05, 4.69) is 38.1 Å². The Morgan fingerprint density at radius 3 is 2.73 bits per heavy atom. The van der Waals surface area contributed by atoms with Crippen molar-refractivity contribution in [1.29, 1.82) is 0 Å². The van der Waals surface area contributed by atoms with E-state index in [0.29, 0.717) is 0 Å². The number of benzene rings is 1. The predicted molar refractivity (Wildman–Crippen MR) is 64.8 cm³/mol. The van der Waals surface area contributed by atoms with Crippen LogP contribution in [0.15, 0.2) is 24.3 Å². The van der Waals surface area contributed by atoms with Crippen LogP contribution in [0.3, 0.4) is 0 Å². The van der Waals surface area contributed by atoms with Gasteiger partial charge < -0.3 is 5.73 Å². The van der Waals surface area contributed by atoms with Crippen LogP contribution in [0, 0.1) is 12.8 Å². The molecule has 1 saturated carbocycles. The summed E-state index contributed by atoms with van der Waals surface area (Å²) in [6, 6.07) is 8.60. The van der Waals surface area contributed by atoms with Crippen molar-refractivity contribution >= 4 is 0 Å². The van der Waals surface area contributed by atoms with E-state index < -0.39 is 0 Å². The van der Waals surface area contributed by atoms with Crippen molar-refractivity contribution in [2.45, 2.75) is 45.1 Å². The smallest absolute Gasteiger partial charge is 0.0197 e. The second-order valence-corrected chi connectivity index (χ2v) is 5.31. The molecule has 2 N–H and O–H groups in total. The summed E-state index contributed by atoms with van der Waals surface area (Å²) in [5, 5.41) is 0. The lowest BCUT2D eigenvalue weighted by molar-refractivity contribution is 0.418. The summed E-state index contributed by atoms with van der Waals surface area (Å²) in [6.45, 7) is 4.49. The van der Waals surface area contributed by atoms with Gasteiger partial charge in [-0.3, -0.25) is 0 Å². The van der Waals surface area contributed by atoms with Crippen molar-refractivity contribution in [2.24, 2.45) is 11.7 Å². The molecule has 0 bridgehead atoms. The number of aryl methyl sites for hydroxylation is 1. The van der Waals surface area contributed by atoms with Gasteiger partial charge >= 0.3 is 0 Å². The number of nitrogens with two attached hydrogens (primary N) is 1. The van der Waals surface area contributed by atoms with Crippen LogP contribution in [0.2, 0.25) is 0 Å². The van der Waals surface area contributed by atoms with Crippen molar-refractivity contribution in [3.8, 4) is 0 Å². The Balaban J connectivity index is 2.12. The summed E-state index contributed by atoms with van der Waals surface area (Å²) in [7, 11) is 0. The van der Waals surface area contributed by atoms with E-state index in [-0.39, 0.29) is 5.54 Å². The standard InChI is InChI=1S/C14H21N/c1-11-7-8-14(15,9-11)10-13-6-4-3-5-12(13)2/h3-6,11H,7-10,15H2,1-2H3. The van der Waals surface area contributed by atoms with Crippen LogP contribution in [0.5, 0.6) is 0 Å². The molecule has 1 aliphatic rings. The summed E-state index contributed by atoms with van der Waals surface area (Å²) in [5.74, 6) is 0.805. The zero-order valence-electron chi connectivity index (χ0n) is 9.79. The molecule has 82 valence electrons. The maximum absolute atomic E-state index is 6.45. The Bertz CT molecular complexity index is 345. The minimum absolute atomic E-state index is 0.0610. The largest absolute Gasteiger partial charge is 0.325 e. The minimum Gasteiger partial charge on any atom is -0.325 e. The minimum atomic E-state index is 0.0610. The lowest BCUT2D eigenvalue weighted by atomic mass is 9.88. The zero-order chi connectivity index (χ0) is 10.9. The number of rotatable bonds is 2. The predicted octanol–water partition coefficient (Wildman–Crippen LogP) is 3.06. The maximum atomic E-state index is 6.45. The van der Waals surface area contributed by atoms with Gasteiger partial charge in [0.2, 0.25) is 0 Å². The fourth-order valence-corrected chi connectivity index (χ4v) is 2.78. The molecule has 0 heterocycles. The van der Waals surface area contributed by atoms with Crippen molar-refractivity contribution in [3.05, 3.63) is 35.4 Å². The van der Waals surface area contributed by atoms with Crippen LogP contribution in [0.4, 0.5) is 0 Å². The molecule has 1 fully saturated rings. The van der Waals surface area contributed by atoms with Crippen LogP contribution in [-0.4, -0.2) is 5.54 Å². The quantitative estimate of drug-likeness (QED) is 0.785. The van der Waals surface area contributed by atoms with Crippen LogP contribution < -0.4 is 5.73 Å². The van der Waals surface area contributed by atoms with Gasteiger partial charge in [0, 0.05) is 5.54 Å². The van der Waals surface area contributed by atoms with E-state index in [1.807, 2.05) is 0 Å². The van der Waals surface area contributed by atoms with Crippen LogP contribution in [-0.2, 0) is 6.42 Å². The van der Waals surface area contributed by atoms with E-state index >= 15 is 0 Å². The first-order valence-electron chi connectivity index (χ1n) is 5.92. The topological polar surface area (TPSA) is 26.0 Å². The molecule has 1 aromatic carbocycles. The third-order valence-electron chi connectivity index (χ3n) is 3.69. The maximum Gasteiger partial charge on any atom is 0.0197 e. The molecule has 1 nitrogen and oxygen atoms in total. The fraction of sp³-hybridized carbons (Fsp3) is 0.571. The lowest BCUT2D eigenvalue weighted by Crippen LogP contribution is -2.39. The molecule has 15 heavy (non-hydrogen) atoms. The van der Waals surface area contributed by atoms with Gasteiger partial charge in [-0.05, 0) is 49.7 Å². The number of hydrogen-bond acceptors (Lipinski definition) is 1. The molecule has 2 rings (SSSR count). The molecule has 1 aliphatic carbocycles. The highest BCUT2D eigenvalue weighted by molar-refractivity contribution is 5.27.